The molecule has 0 atom stereocenters. The van der Waals surface area contributed by atoms with E-state index in [1.54, 1.807) is 19.1 Å². The number of benzene rings is 1. The Morgan fingerprint density at radius 3 is 2.92 bits per heavy atom. The van der Waals surface area contributed by atoms with E-state index >= 15 is 0 Å². The minimum atomic E-state index is -0.174. The van der Waals surface area contributed by atoms with Crippen LogP contribution in [0, 0.1) is 12.7 Å². The second kappa shape index (κ2) is 4.27. The number of halogens is 2. The van der Waals surface area contributed by atoms with Crippen molar-refractivity contribution in [1.29, 1.82) is 0 Å². The first kappa shape index (κ1) is 9.27. The van der Waals surface area contributed by atoms with Gasteiger partial charge in [0.15, 0.2) is 0 Å². The van der Waals surface area contributed by atoms with Crippen LogP contribution >= 0.6 is 11.6 Å². The van der Waals surface area contributed by atoms with E-state index in [1.165, 1.54) is 6.07 Å². The molecule has 0 bridgehead atoms. The Bertz CT molecular complexity index is 292. The zero-order valence-corrected chi connectivity index (χ0v) is 7.61. The molecule has 0 aliphatic carbocycles. The van der Waals surface area contributed by atoms with Gasteiger partial charge in [-0.3, -0.25) is 0 Å². The van der Waals surface area contributed by atoms with Gasteiger partial charge in [-0.05, 0) is 24.1 Å². The van der Waals surface area contributed by atoms with E-state index in [1.807, 2.05) is 12.1 Å². The third-order valence-electron chi connectivity index (χ3n) is 1.70. The fraction of sp³-hybridized carbons (Fsp3) is 0.200. The summed E-state index contributed by atoms with van der Waals surface area (Å²) in [5.74, 6) is 0.280. The van der Waals surface area contributed by atoms with Gasteiger partial charge >= 0.3 is 0 Å². The molecule has 0 N–H and O–H groups in total. The van der Waals surface area contributed by atoms with Gasteiger partial charge in [0.2, 0.25) is 0 Å². The molecule has 2 heteroatoms. The minimum absolute atomic E-state index is 0.174. The topological polar surface area (TPSA) is 0 Å². The van der Waals surface area contributed by atoms with Crippen molar-refractivity contribution in [3.8, 4) is 0 Å². The van der Waals surface area contributed by atoms with Crippen LogP contribution in [0.1, 0.15) is 11.1 Å². The van der Waals surface area contributed by atoms with Gasteiger partial charge < -0.3 is 0 Å². The average Bonchev–Trinajstić information content (AvgIpc) is 2.08. The van der Waals surface area contributed by atoms with Crippen molar-refractivity contribution in [2.45, 2.75) is 6.92 Å². The first-order chi connectivity index (χ1) is 5.75. The van der Waals surface area contributed by atoms with Gasteiger partial charge in [0, 0.05) is 5.88 Å². The molecule has 0 aliphatic rings. The van der Waals surface area contributed by atoms with E-state index in [-0.39, 0.29) is 5.82 Å². The SMILES string of the molecule is Cc1c(F)cccc1C=CCCl. The second-order valence-corrected chi connectivity index (χ2v) is 2.82. The second-order valence-electron chi connectivity index (χ2n) is 2.51. The summed E-state index contributed by atoms with van der Waals surface area (Å²) in [5, 5.41) is 0. The zero-order valence-electron chi connectivity index (χ0n) is 6.85. The van der Waals surface area contributed by atoms with Crippen LogP contribution in [0.4, 0.5) is 4.39 Å². The quantitative estimate of drug-likeness (QED) is 0.619. The Morgan fingerprint density at radius 1 is 1.50 bits per heavy atom. The maximum Gasteiger partial charge on any atom is 0.126 e. The molecule has 12 heavy (non-hydrogen) atoms. The molecule has 1 rings (SSSR count). The van der Waals surface area contributed by atoms with Crippen molar-refractivity contribution in [3.63, 3.8) is 0 Å². The van der Waals surface area contributed by atoms with Crippen molar-refractivity contribution < 1.29 is 4.39 Å². The summed E-state index contributed by atoms with van der Waals surface area (Å²) in [6, 6.07) is 5.01. The minimum Gasteiger partial charge on any atom is -0.207 e. The molecule has 0 radical (unpaired) electrons. The van der Waals surface area contributed by atoms with Crippen LogP contribution in [0.3, 0.4) is 0 Å². The fourth-order valence-corrected chi connectivity index (χ4v) is 1.07. The molecule has 0 fully saturated rings. The molecule has 0 heterocycles. The lowest BCUT2D eigenvalue weighted by atomic mass is 10.1. The van der Waals surface area contributed by atoms with Crippen LogP contribution < -0.4 is 0 Å². The van der Waals surface area contributed by atoms with Gasteiger partial charge in [-0.2, -0.15) is 0 Å². The smallest absolute Gasteiger partial charge is 0.126 e. The van der Waals surface area contributed by atoms with Gasteiger partial charge in [0.1, 0.15) is 5.82 Å². The first-order valence-electron chi connectivity index (χ1n) is 3.73. The molecule has 1 aromatic rings. The van der Waals surface area contributed by atoms with Crippen LogP contribution in [-0.2, 0) is 0 Å². The van der Waals surface area contributed by atoms with Crippen LogP contribution in [0.15, 0.2) is 24.3 Å². The van der Waals surface area contributed by atoms with E-state index in [4.69, 9.17) is 11.6 Å². The lowest BCUT2D eigenvalue weighted by Crippen LogP contribution is -1.85. The highest BCUT2D eigenvalue weighted by Crippen LogP contribution is 2.13. The molecule has 0 aliphatic heterocycles. The summed E-state index contributed by atoms with van der Waals surface area (Å²) in [5.41, 5.74) is 1.55. The highest BCUT2D eigenvalue weighted by molar-refractivity contribution is 6.19. The van der Waals surface area contributed by atoms with Crippen LogP contribution in [0.5, 0.6) is 0 Å². The molecular weight excluding hydrogens is 175 g/mol. The van der Waals surface area contributed by atoms with Crippen molar-refractivity contribution >= 4 is 17.7 Å². The Kier molecular flexibility index (Phi) is 3.30. The highest BCUT2D eigenvalue weighted by atomic mass is 35.5. The maximum atomic E-state index is 12.9. The molecule has 0 unspecified atom stereocenters. The summed E-state index contributed by atoms with van der Waals surface area (Å²) < 4.78 is 12.9. The fourth-order valence-electron chi connectivity index (χ4n) is 0.976. The van der Waals surface area contributed by atoms with Crippen molar-refractivity contribution in [1.82, 2.24) is 0 Å². The summed E-state index contributed by atoms with van der Waals surface area (Å²) in [6.07, 6.45) is 3.62. The molecule has 0 amide bonds. The Morgan fingerprint density at radius 2 is 2.25 bits per heavy atom. The van der Waals surface area contributed by atoms with Gasteiger partial charge in [-0.25, -0.2) is 4.39 Å². The average molecular weight is 185 g/mol. The predicted octanol–water partition coefficient (Wildman–Crippen LogP) is 3.39. The van der Waals surface area contributed by atoms with Crippen molar-refractivity contribution in [2.24, 2.45) is 0 Å². The van der Waals surface area contributed by atoms with Crippen LogP contribution in [0.25, 0.3) is 6.08 Å². The van der Waals surface area contributed by atoms with Gasteiger partial charge in [0.25, 0.3) is 0 Å². The monoisotopic (exact) mass is 184 g/mol. The van der Waals surface area contributed by atoms with Gasteiger partial charge in [-0.1, -0.05) is 24.3 Å². The lowest BCUT2D eigenvalue weighted by molar-refractivity contribution is 0.618. The zero-order chi connectivity index (χ0) is 8.97. The van der Waals surface area contributed by atoms with Crippen molar-refractivity contribution in [2.75, 3.05) is 5.88 Å². The number of rotatable bonds is 2. The van der Waals surface area contributed by atoms with E-state index in [9.17, 15) is 4.39 Å². The molecule has 0 saturated heterocycles. The number of alkyl halides is 1. The largest absolute Gasteiger partial charge is 0.207 e. The third-order valence-corrected chi connectivity index (χ3v) is 1.87. The molecule has 0 nitrogen and oxygen atoms in total. The lowest BCUT2D eigenvalue weighted by Gasteiger charge is -1.99. The Hall–Kier alpha value is -0.820. The van der Waals surface area contributed by atoms with Crippen LogP contribution in [0.2, 0.25) is 0 Å². The summed E-state index contributed by atoms with van der Waals surface area (Å²) in [4.78, 5) is 0. The van der Waals surface area contributed by atoms with E-state index in [0.29, 0.717) is 11.4 Å². The molecule has 1 aromatic carbocycles. The van der Waals surface area contributed by atoms with Gasteiger partial charge in [0.05, 0.1) is 0 Å². The summed E-state index contributed by atoms with van der Waals surface area (Å²) >= 11 is 5.46. The van der Waals surface area contributed by atoms with E-state index in [0.717, 1.165) is 5.56 Å². The summed E-state index contributed by atoms with van der Waals surface area (Å²) in [7, 11) is 0. The molecular formula is C10H10ClF. The number of allylic oxidation sites excluding steroid dienone is 1. The number of hydrogen-bond acceptors (Lipinski definition) is 0. The van der Waals surface area contributed by atoms with E-state index in [2.05, 4.69) is 0 Å². The Labute approximate surface area is 76.7 Å². The normalized spacial score (nSPS) is 10.9. The maximum absolute atomic E-state index is 12.9. The Balaban J connectivity index is 3.00. The van der Waals surface area contributed by atoms with Gasteiger partial charge in [-0.15, -0.1) is 11.6 Å². The standard InChI is InChI=1S/C10H10ClF/c1-8-9(5-3-7-11)4-2-6-10(8)12/h2-6H,7H2,1H3. The van der Waals surface area contributed by atoms with Crippen LogP contribution in [-0.4, -0.2) is 5.88 Å². The molecule has 0 aromatic heterocycles. The summed E-state index contributed by atoms with van der Waals surface area (Å²) in [6.45, 7) is 1.75. The molecule has 0 spiro atoms. The third kappa shape index (κ3) is 2.08. The highest BCUT2D eigenvalue weighted by Gasteiger charge is 1.98. The van der Waals surface area contributed by atoms with E-state index < -0.39 is 0 Å². The van der Waals surface area contributed by atoms with Crippen molar-refractivity contribution in [3.05, 3.63) is 41.2 Å². The number of hydrogen-bond donors (Lipinski definition) is 0. The molecule has 64 valence electrons. The predicted molar refractivity (Wildman–Crippen MR) is 50.9 cm³/mol. The molecule has 0 saturated carbocycles. The first-order valence-corrected chi connectivity index (χ1v) is 4.27.